The molecule has 0 aliphatic heterocycles. The fraction of sp³-hybridized carbons (Fsp3) is 0.909. The highest BCUT2D eigenvalue weighted by atomic mass is 32.2. The highest BCUT2D eigenvalue weighted by Gasteiger charge is 2.38. The van der Waals surface area contributed by atoms with Gasteiger partial charge in [0.1, 0.15) is 5.54 Å². The lowest BCUT2D eigenvalue weighted by atomic mass is 10.0. The topological polar surface area (TPSA) is 83.5 Å². The number of carboxylic acid groups (broad SMARTS) is 1. The first-order valence-electron chi connectivity index (χ1n) is 6.08. The highest BCUT2D eigenvalue weighted by molar-refractivity contribution is 7.90. The van der Waals surface area contributed by atoms with Gasteiger partial charge in [0.15, 0.2) is 0 Å². The van der Waals surface area contributed by atoms with Crippen LogP contribution in [0.15, 0.2) is 0 Å². The molecule has 1 unspecified atom stereocenters. The molecule has 0 heterocycles. The van der Waals surface area contributed by atoms with Gasteiger partial charge in [0.05, 0.1) is 5.25 Å². The van der Waals surface area contributed by atoms with E-state index in [1.54, 1.807) is 6.92 Å². The first-order valence-corrected chi connectivity index (χ1v) is 7.62. The number of carboxylic acids is 1. The standard InChI is InChI=1S/C11H21NO4S/c1-3-11(2,10(13)14)12-17(15,16)9-7-5-4-6-8-9/h9,12H,3-8H2,1-2H3,(H,13,14). The third-order valence-corrected chi connectivity index (χ3v) is 5.62. The third-order valence-electron chi connectivity index (χ3n) is 3.54. The Balaban J connectivity index is 2.80. The van der Waals surface area contributed by atoms with Gasteiger partial charge in [0.2, 0.25) is 10.0 Å². The Morgan fingerprint density at radius 1 is 1.35 bits per heavy atom. The molecular formula is C11H21NO4S. The van der Waals surface area contributed by atoms with Crippen molar-refractivity contribution < 1.29 is 18.3 Å². The van der Waals surface area contributed by atoms with Crippen molar-refractivity contribution in [3.8, 4) is 0 Å². The minimum Gasteiger partial charge on any atom is -0.480 e. The van der Waals surface area contributed by atoms with Crippen molar-refractivity contribution >= 4 is 16.0 Å². The van der Waals surface area contributed by atoms with E-state index < -0.39 is 26.8 Å². The molecule has 0 aromatic heterocycles. The molecule has 17 heavy (non-hydrogen) atoms. The van der Waals surface area contributed by atoms with Crippen LogP contribution in [0.25, 0.3) is 0 Å². The van der Waals surface area contributed by atoms with Gasteiger partial charge in [-0.1, -0.05) is 26.2 Å². The summed E-state index contributed by atoms with van der Waals surface area (Å²) in [7, 11) is -3.53. The Morgan fingerprint density at radius 3 is 2.29 bits per heavy atom. The molecule has 1 fully saturated rings. The predicted octanol–water partition coefficient (Wildman–Crippen LogP) is 1.49. The normalized spacial score (nSPS) is 22.0. The molecule has 1 rings (SSSR count). The van der Waals surface area contributed by atoms with E-state index in [9.17, 15) is 13.2 Å². The Kier molecular flexibility index (Phi) is 4.55. The average molecular weight is 263 g/mol. The smallest absolute Gasteiger partial charge is 0.324 e. The summed E-state index contributed by atoms with van der Waals surface area (Å²) < 4.78 is 26.5. The number of hydrogen-bond acceptors (Lipinski definition) is 3. The highest BCUT2D eigenvalue weighted by Crippen LogP contribution is 2.24. The van der Waals surface area contributed by atoms with Crippen LogP contribution >= 0.6 is 0 Å². The van der Waals surface area contributed by atoms with Gasteiger partial charge in [-0.2, -0.15) is 4.72 Å². The van der Waals surface area contributed by atoms with Crippen LogP contribution in [0.3, 0.4) is 0 Å². The van der Waals surface area contributed by atoms with Crippen LogP contribution < -0.4 is 4.72 Å². The largest absolute Gasteiger partial charge is 0.480 e. The second kappa shape index (κ2) is 5.35. The molecule has 100 valence electrons. The molecule has 0 saturated heterocycles. The van der Waals surface area contributed by atoms with E-state index in [4.69, 9.17) is 5.11 Å². The van der Waals surface area contributed by atoms with Gasteiger partial charge >= 0.3 is 5.97 Å². The molecule has 0 amide bonds. The minimum absolute atomic E-state index is 0.230. The minimum atomic E-state index is -3.53. The fourth-order valence-corrected chi connectivity index (χ4v) is 4.02. The van der Waals surface area contributed by atoms with Crippen molar-refractivity contribution in [3.05, 3.63) is 0 Å². The molecule has 1 saturated carbocycles. The number of carbonyl (C=O) groups is 1. The first-order chi connectivity index (χ1) is 7.82. The zero-order chi connectivity index (χ0) is 13.1. The molecule has 1 aliphatic rings. The summed E-state index contributed by atoms with van der Waals surface area (Å²) in [5, 5.41) is 8.64. The molecule has 5 nitrogen and oxygen atoms in total. The van der Waals surface area contributed by atoms with Gasteiger partial charge in [-0.25, -0.2) is 8.42 Å². The van der Waals surface area contributed by atoms with Gasteiger partial charge < -0.3 is 5.11 Å². The Morgan fingerprint density at radius 2 is 1.88 bits per heavy atom. The molecule has 1 aliphatic carbocycles. The lowest BCUT2D eigenvalue weighted by molar-refractivity contribution is -0.143. The zero-order valence-electron chi connectivity index (χ0n) is 10.4. The van der Waals surface area contributed by atoms with E-state index in [1.165, 1.54) is 6.92 Å². The molecule has 0 aromatic carbocycles. The Bertz CT molecular complexity index is 373. The van der Waals surface area contributed by atoms with Crippen molar-refractivity contribution in [2.45, 2.75) is 63.2 Å². The van der Waals surface area contributed by atoms with E-state index >= 15 is 0 Å². The predicted molar refractivity (Wildman–Crippen MR) is 65.3 cm³/mol. The van der Waals surface area contributed by atoms with Crippen molar-refractivity contribution in [1.29, 1.82) is 0 Å². The lowest BCUT2D eigenvalue weighted by Gasteiger charge is -2.29. The number of sulfonamides is 1. The molecule has 0 aromatic rings. The summed E-state index contributed by atoms with van der Waals surface area (Å²) in [6.07, 6.45) is 4.37. The fourth-order valence-electron chi connectivity index (χ4n) is 2.04. The quantitative estimate of drug-likeness (QED) is 0.787. The molecule has 6 heteroatoms. The second-order valence-electron chi connectivity index (χ2n) is 4.90. The van der Waals surface area contributed by atoms with Crippen molar-refractivity contribution in [2.24, 2.45) is 0 Å². The van der Waals surface area contributed by atoms with Gasteiger partial charge in [0, 0.05) is 0 Å². The monoisotopic (exact) mass is 263 g/mol. The van der Waals surface area contributed by atoms with Crippen LogP contribution in [0.4, 0.5) is 0 Å². The maximum Gasteiger partial charge on any atom is 0.324 e. The van der Waals surface area contributed by atoms with Crippen molar-refractivity contribution in [1.82, 2.24) is 4.72 Å². The number of rotatable bonds is 5. The second-order valence-corrected chi connectivity index (χ2v) is 6.86. The van der Waals surface area contributed by atoms with Gasteiger partial charge in [-0.05, 0) is 26.2 Å². The van der Waals surface area contributed by atoms with Crippen LogP contribution in [0.2, 0.25) is 0 Å². The summed E-state index contributed by atoms with van der Waals surface area (Å²) in [5.74, 6) is -1.13. The maximum absolute atomic E-state index is 12.1. The SMILES string of the molecule is CCC(C)(NS(=O)(=O)C1CCCCC1)C(=O)O. The van der Waals surface area contributed by atoms with Crippen LogP contribution in [-0.2, 0) is 14.8 Å². The molecule has 0 bridgehead atoms. The third kappa shape index (κ3) is 3.42. The van der Waals surface area contributed by atoms with E-state index in [0.29, 0.717) is 12.8 Å². The first kappa shape index (κ1) is 14.4. The van der Waals surface area contributed by atoms with Gasteiger partial charge in [0.25, 0.3) is 0 Å². The zero-order valence-corrected chi connectivity index (χ0v) is 11.2. The summed E-state index contributed by atoms with van der Waals surface area (Å²) in [5.41, 5.74) is -1.39. The molecular weight excluding hydrogens is 242 g/mol. The summed E-state index contributed by atoms with van der Waals surface area (Å²) in [6, 6.07) is 0. The van der Waals surface area contributed by atoms with Crippen LogP contribution in [-0.4, -0.2) is 30.3 Å². The molecule has 1 atom stereocenters. The van der Waals surface area contributed by atoms with E-state index in [-0.39, 0.29) is 6.42 Å². The summed E-state index contributed by atoms with van der Waals surface area (Å²) in [6.45, 7) is 3.08. The summed E-state index contributed by atoms with van der Waals surface area (Å²) >= 11 is 0. The molecule has 2 N–H and O–H groups in total. The molecule has 0 radical (unpaired) electrons. The van der Waals surface area contributed by atoms with Gasteiger partial charge in [-0.3, -0.25) is 4.79 Å². The number of nitrogens with one attached hydrogen (secondary N) is 1. The summed E-state index contributed by atoms with van der Waals surface area (Å²) in [4.78, 5) is 11.1. The van der Waals surface area contributed by atoms with Crippen LogP contribution in [0.5, 0.6) is 0 Å². The Hall–Kier alpha value is -0.620. The maximum atomic E-state index is 12.1. The lowest BCUT2D eigenvalue weighted by Crippen LogP contribution is -2.54. The Labute approximate surface area is 103 Å². The van der Waals surface area contributed by atoms with Crippen molar-refractivity contribution in [3.63, 3.8) is 0 Å². The molecule has 0 spiro atoms. The van der Waals surface area contributed by atoms with Crippen LogP contribution in [0, 0.1) is 0 Å². The van der Waals surface area contributed by atoms with Crippen molar-refractivity contribution in [2.75, 3.05) is 0 Å². The van der Waals surface area contributed by atoms with Crippen LogP contribution in [0.1, 0.15) is 52.4 Å². The number of aliphatic carboxylic acids is 1. The van der Waals surface area contributed by atoms with E-state index in [2.05, 4.69) is 4.72 Å². The average Bonchev–Trinajstić information content (AvgIpc) is 2.29. The van der Waals surface area contributed by atoms with E-state index in [1.807, 2.05) is 0 Å². The number of hydrogen-bond donors (Lipinski definition) is 2. The van der Waals surface area contributed by atoms with E-state index in [0.717, 1.165) is 19.3 Å². The van der Waals surface area contributed by atoms with Gasteiger partial charge in [-0.15, -0.1) is 0 Å².